The molecule has 0 aliphatic rings. The SMILES string of the molecule is CCS(=O)(=O)Nc1ccc(C(=O)C=Cc2c(C)nn(Cc3ccc(F)cc3)c2Cl)cc1. The summed E-state index contributed by atoms with van der Waals surface area (Å²) in [7, 11) is -3.38. The zero-order valence-electron chi connectivity index (χ0n) is 17.0. The van der Waals surface area contributed by atoms with E-state index in [0.717, 1.165) is 5.56 Å². The van der Waals surface area contributed by atoms with Crippen LogP contribution < -0.4 is 4.72 Å². The van der Waals surface area contributed by atoms with Gasteiger partial charge in [-0.15, -0.1) is 0 Å². The molecule has 2 aromatic carbocycles. The topological polar surface area (TPSA) is 81.1 Å². The van der Waals surface area contributed by atoms with E-state index in [1.165, 1.54) is 30.3 Å². The van der Waals surface area contributed by atoms with Gasteiger partial charge in [0.05, 0.1) is 18.0 Å². The van der Waals surface area contributed by atoms with Crippen molar-refractivity contribution in [3.05, 3.63) is 88.0 Å². The highest BCUT2D eigenvalue weighted by Crippen LogP contribution is 2.23. The molecule has 3 aromatic rings. The van der Waals surface area contributed by atoms with Crippen molar-refractivity contribution in [2.75, 3.05) is 10.5 Å². The van der Waals surface area contributed by atoms with E-state index in [-0.39, 0.29) is 17.4 Å². The first kappa shape index (κ1) is 22.7. The minimum absolute atomic E-state index is 0.0363. The number of anilines is 1. The molecule has 9 heteroatoms. The lowest BCUT2D eigenvalue weighted by atomic mass is 10.1. The van der Waals surface area contributed by atoms with E-state index in [2.05, 4.69) is 9.82 Å². The number of hydrogen-bond acceptors (Lipinski definition) is 4. The molecule has 0 aliphatic heterocycles. The number of sulfonamides is 1. The monoisotopic (exact) mass is 461 g/mol. The number of aryl methyl sites for hydroxylation is 1. The number of hydrogen-bond donors (Lipinski definition) is 1. The molecule has 0 fully saturated rings. The number of nitrogens with one attached hydrogen (secondary N) is 1. The van der Waals surface area contributed by atoms with Gasteiger partial charge in [0.15, 0.2) is 5.78 Å². The van der Waals surface area contributed by atoms with Crippen molar-refractivity contribution in [1.82, 2.24) is 9.78 Å². The van der Waals surface area contributed by atoms with Crippen molar-refractivity contribution in [2.24, 2.45) is 0 Å². The van der Waals surface area contributed by atoms with Gasteiger partial charge in [-0.3, -0.25) is 9.52 Å². The number of halogens is 2. The fraction of sp³-hybridized carbons (Fsp3) is 0.182. The van der Waals surface area contributed by atoms with Crippen LogP contribution in [0.1, 0.15) is 34.1 Å². The van der Waals surface area contributed by atoms with Crippen molar-refractivity contribution in [1.29, 1.82) is 0 Å². The van der Waals surface area contributed by atoms with Gasteiger partial charge in [0.25, 0.3) is 0 Å². The fourth-order valence-electron chi connectivity index (χ4n) is 2.83. The predicted octanol–water partition coefficient (Wildman–Crippen LogP) is 4.69. The summed E-state index contributed by atoms with van der Waals surface area (Å²) in [6.07, 6.45) is 2.99. The Labute approximate surface area is 185 Å². The molecule has 6 nitrogen and oxygen atoms in total. The zero-order chi connectivity index (χ0) is 22.6. The molecule has 31 heavy (non-hydrogen) atoms. The molecule has 0 saturated heterocycles. The second-order valence-electron chi connectivity index (χ2n) is 6.85. The van der Waals surface area contributed by atoms with Crippen LogP contribution in [0.2, 0.25) is 5.15 Å². The smallest absolute Gasteiger partial charge is 0.232 e. The first-order valence-corrected chi connectivity index (χ1v) is 11.5. The van der Waals surface area contributed by atoms with Crippen LogP contribution in [0, 0.1) is 12.7 Å². The summed E-state index contributed by atoms with van der Waals surface area (Å²) in [5.41, 5.74) is 2.91. The highest BCUT2D eigenvalue weighted by Gasteiger charge is 2.13. The van der Waals surface area contributed by atoms with Crippen molar-refractivity contribution in [3.63, 3.8) is 0 Å². The average Bonchev–Trinajstić information content (AvgIpc) is 3.00. The van der Waals surface area contributed by atoms with Gasteiger partial charge < -0.3 is 0 Å². The van der Waals surface area contributed by atoms with Gasteiger partial charge in [-0.25, -0.2) is 17.5 Å². The van der Waals surface area contributed by atoms with Gasteiger partial charge in [-0.2, -0.15) is 5.10 Å². The lowest BCUT2D eigenvalue weighted by molar-refractivity contribution is 0.104. The zero-order valence-corrected chi connectivity index (χ0v) is 18.5. The van der Waals surface area contributed by atoms with Crippen LogP contribution in [0.4, 0.5) is 10.1 Å². The summed E-state index contributed by atoms with van der Waals surface area (Å²) >= 11 is 6.43. The summed E-state index contributed by atoms with van der Waals surface area (Å²) in [5.74, 6) is -0.609. The minimum Gasteiger partial charge on any atom is -0.289 e. The average molecular weight is 462 g/mol. The molecule has 0 bridgehead atoms. The Bertz CT molecular complexity index is 1220. The van der Waals surface area contributed by atoms with Crippen molar-refractivity contribution < 1.29 is 17.6 Å². The summed E-state index contributed by atoms with van der Waals surface area (Å²) in [5, 5.41) is 4.77. The molecule has 0 spiro atoms. The van der Waals surface area contributed by atoms with Crippen LogP contribution in [0.15, 0.2) is 54.6 Å². The molecule has 0 aliphatic carbocycles. The highest BCUT2D eigenvalue weighted by atomic mass is 35.5. The molecule has 3 rings (SSSR count). The largest absolute Gasteiger partial charge is 0.289 e. The number of carbonyl (C=O) groups excluding carboxylic acids is 1. The lowest BCUT2D eigenvalue weighted by Crippen LogP contribution is -2.14. The summed E-state index contributed by atoms with van der Waals surface area (Å²) in [4.78, 5) is 12.5. The number of carbonyl (C=O) groups is 1. The van der Waals surface area contributed by atoms with E-state index in [1.807, 2.05) is 0 Å². The maximum Gasteiger partial charge on any atom is 0.232 e. The van der Waals surface area contributed by atoms with Gasteiger partial charge in [0.2, 0.25) is 10.0 Å². The van der Waals surface area contributed by atoms with Gasteiger partial charge in [-0.05, 0) is 68.0 Å². The predicted molar refractivity (Wildman–Crippen MR) is 120 cm³/mol. The summed E-state index contributed by atoms with van der Waals surface area (Å²) in [6.45, 7) is 3.70. The quantitative estimate of drug-likeness (QED) is 0.389. The Morgan fingerprint density at radius 2 is 1.81 bits per heavy atom. The van der Waals surface area contributed by atoms with Crippen molar-refractivity contribution >= 4 is 39.2 Å². The molecule has 1 N–H and O–H groups in total. The molecule has 0 unspecified atom stereocenters. The number of benzene rings is 2. The van der Waals surface area contributed by atoms with Crippen molar-refractivity contribution in [2.45, 2.75) is 20.4 Å². The van der Waals surface area contributed by atoms with Crippen molar-refractivity contribution in [3.8, 4) is 0 Å². The number of allylic oxidation sites excluding steroid dienone is 1. The molecule has 0 amide bonds. The highest BCUT2D eigenvalue weighted by molar-refractivity contribution is 7.92. The standard InChI is InChI=1S/C22H21ClFN3O3S/c1-3-31(29,30)26-19-10-6-17(7-11-19)21(28)13-12-20-15(2)25-27(22(20)23)14-16-4-8-18(24)9-5-16/h4-13,26H,3,14H2,1-2H3. The van der Waals surface area contributed by atoms with Crippen LogP contribution in [-0.2, 0) is 16.6 Å². The van der Waals surface area contributed by atoms with E-state index in [0.29, 0.717) is 34.2 Å². The van der Waals surface area contributed by atoms with E-state index in [1.54, 1.807) is 48.9 Å². The summed E-state index contributed by atoms with van der Waals surface area (Å²) < 4.78 is 40.3. The first-order valence-electron chi connectivity index (χ1n) is 9.49. The van der Waals surface area contributed by atoms with E-state index < -0.39 is 10.0 Å². The van der Waals surface area contributed by atoms with Gasteiger partial charge in [-0.1, -0.05) is 23.7 Å². The van der Waals surface area contributed by atoms with Gasteiger partial charge in [0, 0.05) is 16.8 Å². The maximum absolute atomic E-state index is 13.1. The van der Waals surface area contributed by atoms with Gasteiger partial charge in [0.1, 0.15) is 11.0 Å². The fourth-order valence-corrected chi connectivity index (χ4v) is 3.77. The number of aromatic nitrogens is 2. The summed E-state index contributed by atoms with van der Waals surface area (Å²) in [6, 6.07) is 12.2. The van der Waals surface area contributed by atoms with E-state index >= 15 is 0 Å². The van der Waals surface area contributed by atoms with Crippen LogP contribution in [0.25, 0.3) is 6.08 Å². The Kier molecular flexibility index (Phi) is 6.92. The molecule has 162 valence electrons. The number of ketones is 1. The molecule has 1 aromatic heterocycles. The Morgan fingerprint density at radius 1 is 1.16 bits per heavy atom. The first-order chi connectivity index (χ1) is 14.7. The van der Waals surface area contributed by atoms with E-state index in [4.69, 9.17) is 11.6 Å². The van der Waals surface area contributed by atoms with E-state index in [9.17, 15) is 17.6 Å². The van der Waals surface area contributed by atoms with Crippen LogP contribution in [0.5, 0.6) is 0 Å². The Morgan fingerprint density at radius 3 is 2.42 bits per heavy atom. The third kappa shape index (κ3) is 5.80. The lowest BCUT2D eigenvalue weighted by Gasteiger charge is -2.06. The molecular formula is C22H21ClFN3O3S. The molecule has 0 atom stereocenters. The second kappa shape index (κ2) is 9.45. The third-order valence-electron chi connectivity index (χ3n) is 4.58. The Hall–Kier alpha value is -2.97. The second-order valence-corrected chi connectivity index (χ2v) is 9.22. The molecular weight excluding hydrogens is 441 g/mol. The van der Waals surface area contributed by atoms with Gasteiger partial charge >= 0.3 is 0 Å². The minimum atomic E-state index is -3.38. The molecule has 0 radical (unpaired) electrons. The number of rotatable bonds is 8. The molecule has 1 heterocycles. The van der Waals surface area contributed by atoms with Crippen LogP contribution in [-0.4, -0.2) is 29.7 Å². The van der Waals surface area contributed by atoms with Crippen LogP contribution >= 0.6 is 11.6 Å². The molecule has 0 saturated carbocycles. The van der Waals surface area contributed by atoms with Crippen LogP contribution in [0.3, 0.4) is 0 Å². The number of nitrogens with zero attached hydrogens (tertiary/aromatic N) is 2. The normalized spacial score (nSPS) is 11.7. The Balaban J connectivity index is 1.73. The third-order valence-corrected chi connectivity index (χ3v) is 6.28. The maximum atomic E-state index is 13.1.